The highest BCUT2D eigenvalue weighted by Crippen LogP contribution is 2.38. The minimum absolute atomic E-state index is 0.0592. The van der Waals surface area contributed by atoms with E-state index in [0.717, 1.165) is 25.7 Å². The van der Waals surface area contributed by atoms with E-state index in [1.54, 1.807) is 12.0 Å². The van der Waals surface area contributed by atoms with Crippen LogP contribution in [0, 0.1) is 5.92 Å². The molecule has 3 atom stereocenters. The van der Waals surface area contributed by atoms with E-state index in [9.17, 15) is 14.7 Å². The first kappa shape index (κ1) is 16.2. The molecule has 21 heavy (non-hydrogen) atoms. The number of carbonyl (C=O) groups is 2. The Morgan fingerprint density at radius 2 is 1.90 bits per heavy atom. The molecular formula is C15H25NO5. The Morgan fingerprint density at radius 1 is 1.14 bits per heavy atom. The molecule has 1 aliphatic heterocycles. The lowest BCUT2D eigenvalue weighted by Crippen LogP contribution is -2.58. The normalized spacial score (nSPS) is 29.0. The molecule has 0 aromatic carbocycles. The van der Waals surface area contributed by atoms with Gasteiger partial charge in [-0.3, -0.25) is 4.79 Å². The third kappa shape index (κ3) is 3.95. The zero-order valence-corrected chi connectivity index (χ0v) is 12.6. The van der Waals surface area contributed by atoms with Crippen molar-refractivity contribution in [3.05, 3.63) is 0 Å². The largest absolute Gasteiger partial charge is 0.480 e. The van der Waals surface area contributed by atoms with Gasteiger partial charge in [-0.05, 0) is 31.6 Å². The summed E-state index contributed by atoms with van der Waals surface area (Å²) >= 11 is 0. The third-order valence-electron chi connectivity index (χ3n) is 4.60. The van der Waals surface area contributed by atoms with E-state index >= 15 is 0 Å². The molecule has 0 spiro atoms. The molecule has 1 heterocycles. The summed E-state index contributed by atoms with van der Waals surface area (Å²) in [4.78, 5) is 25.5. The number of piperidine rings is 1. The molecule has 0 aromatic heterocycles. The maximum absolute atomic E-state index is 12.4. The number of ether oxygens (including phenoxy) is 2. The Labute approximate surface area is 125 Å². The first-order valence-corrected chi connectivity index (χ1v) is 7.75. The highest BCUT2D eigenvalue weighted by Gasteiger charge is 2.43. The first-order chi connectivity index (χ1) is 10.1. The lowest BCUT2D eigenvalue weighted by molar-refractivity contribution is -0.160. The quantitative estimate of drug-likeness (QED) is 0.748. The monoisotopic (exact) mass is 299 g/mol. The van der Waals surface area contributed by atoms with Crippen LogP contribution < -0.4 is 0 Å². The van der Waals surface area contributed by atoms with Gasteiger partial charge in [-0.15, -0.1) is 0 Å². The number of fused-ring (bicyclic) bond motifs is 1. The minimum Gasteiger partial charge on any atom is -0.480 e. The van der Waals surface area contributed by atoms with Crippen LogP contribution in [0.1, 0.15) is 38.5 Å². The Balaban J connectivity index is 2.01. The minimum atomic E-state index is -0.899. The molecule has 1 saturated heterocycles. The summed E-state index contributed by atoms with van der Waals surface area (Å²) in [5.41, 5.74) is 0. The van der Waals surface area contributed by atoms with Gasteiger partial charge in [-0.1, -0.05) is 12.8 Å². The smallest absolute Gasteiger partial charge is 0.326 e. The van der Waals surface area contributed by atoms with Gasteiger partial charge in [-0.25, -0.2) is 4.79 Å². The van der Waals surface area contributed by atoms with Crippen LogP contribution in [0.5, 0.6) is 0 Å². The molecule has 2 rings (SSSR count). The predicted molar refractivity (Wildman–Crippen MR) is 75.9 cm³/mol. The highest BCUT2D eigenvalue weighted by molar-refractivity contribution is 5.85. The van der Waals surface area contributed by atoms with Crippen molar-refractivity contribution in [3.8, 4) is 0 Å². The number of carbonyl (C=O) groups excluding carboxylic acids is 1. The van der Waals surface area contributed by atoms with Crippen molar-refractivity contribution in [1.82, 2.24) is 4.90 Å². The zero-order valence-electron chi connectivity index (χ0n) is 12.6. The maximum Gasteiger partial charge on any atom is 0.326 e. The van der Waals surface area contributed by atoms with Crippen LogP contribution in [0.25, 0.3) is 0 Å². The number of amides is 1. The summed E-state index contributed by atoms with van der Waals surface area (Å²) in [6.07, 6.45) is 5.74. The number of hydrogen-bond donors (Lipinski definition) is 1. The first-order valence-electron chi connectivity index (χ1n) is 7.75. The van der Waals surface area contributed by atoms with Crippen molar-refractivity contribution in [2.45, 2.75) is 50.6 Å². The van der Waals surface area contributed by atoms with Crippen molar-refractivity contribution < 1.29 is 24.2 Å². The number of hydrogen-bond acceptors (Lipinski definition) is 4. The molecule has 120 valence electrons. The van der Waals surface area contributed by atoms with Gasteiger partial charge in [0, 0.05) is 13.2 Å². The molecule has 1 aliphatic carbocycles. The second kappa shape index (κ2) is 7.75. The molecule has 1 N–H and O–H groups in total. The number of methoxy groups -OCH3 is 1. The van der Waals surface area contributed by atoms with Gasteiger partial charge >= 0.3 is 5.97 Å². The molecule has 0 radical (unpaired) electrons. The summed E-state index contributed by atoms with van der Waals surface area (Å²) in [5.74, 6) is -0.642. The van der Waals surface area contributed by atoms with Crippen LogP contribution in [-0.2, 0) is 19.1 Å². The lowest BCUT2D eigenvalue weighted by atomic mass is 9.76. The van der Waals surface area contributed by atoms with E-state index in [1.807, 2.05) is 0 Å². The number of likely N-dealkylation sites (tertiary alicyclic amines) is 1. The third-order valence-corrected chi connectivity index (χ3v) is 4.60. The fourth-order valence-corrected chi connectivity index (χ4v) is 3.61. The molecule has 0 bridgehead atoms. The van der Waals surface area contributed by atoms with Crippen molar-refractivity contribution in [1.29, 1.82) is 0 Å². The molecule has 3 unspecified atom stereocenters. The number of nitrogens with zero attached hydrogens (tertiary/aromatic N) is 1. The molecular weight excluding hydrogens is 274 g/mol. The van der Waals surface area contributed by atoms with Crippen LogP contribution in [-0.4, -0.2) is 60.9 Å². The van der Waals surface area contributed by atoms with Gasteiger partial charge in [0.1, 0.15) is 12.6 Å². The highest BCUT2D eigenvalue weighted by atomic mass is 16.5. The number of aliphatic carboxylic acids is 1. The van der Waals surface area contributed by atoms with Gasteiger partial charge in [0.05, 0.1) is 13.2 Å². The second-order valence-corrected chi connectivity index (χ2v) is 5.89. The fourth-order valence-electron chi connectivity index (χ4n) is 3.61. The average molecular weight is 299 g/mol. The molecule has 1 amide bonds. The van der Waals surface area contributed by atoms with E-state index in [0.29, 0.717) is 25.6 Å². The summed E-state index contributed by atoms with van der Waals surface area (Å²) in [6, 6.07) is -0.616. The van der Waals surface area contributed by atoms with Crippen LogP contribution in [0.4, 0.5) is 0 Å². The van der Waals surface area contributed by atoms with Crippen molar-refractivity contribution in [2.75, 3.05) is 26.9 Å². The lowest BCUT2D eigenvalue weighted by Gasteiger charge is -2.47. The summed E-state index contributed by atoms with van der Waals surface area (Å²) < 4.78 is 10.2. The van der Waals surface area contributed by atoms with Gasteiger partial charge < -0.3 is 19.5 Å². The van der Waals surface area contributed by atoms with E-state index in [1.165, 1.54) is 6.42 Å². The van der Waals surface area contributed by atoms with Gasteiger partial charge in [0.15, 0.2) is 0 Å². The molecule has 1 saturated carbocycles. The second-order valence-electron chi connectivity index (χ2n) is 5.89. The summed E-state index contributed by atoms with van der Waals surface area (Å²) in [7, 11) is 1.57. The molecule has 0 aromatic rings. The molecule has 2 aliphatic rings. The van der Waals surface area contributed by atoms with Crippen LogP contribution in [0.2, 0.25) is 0 Å². The van der Waals surface area contributed by atoms with E-state index in [4.69, 9.17) is 9.47 Å². The SMILES string of the molecule is COCCOCC(=O)N1C(C(=O)O)CCC2CCCCC21. The van der Waals surface area contributed by atoms with Gasteiger partial charge in [0.25, 0.3) is 0 Å². The van der Waals surface area contributed by atoms with E-state index in [2.05, 4.69) is 0 Å². The van der Waals surface area contributed by atoms with Crippen LogP contribution in [0.15, 0.2) is 0 Å². The predicted octanol–water partition coefficient (Wildman–Crippen LogP) is 1.28. The summed E-state index contributed by atoms with van der Waals surface area (Å²) in [5, 5.41) is 9.40. The maximum atomic E-state index is 12.4. The average Bonchev–Trinajstić information content (AvgIpc) is 2.50. The molecule has 6 heteroatoms. The Bertz CT molecular complexity index is 373. The number of carboxylic acid groups (broad SMARTS) is 1. The van der Waals surface area contributed by atoms with E-state index in [-0.39, 0.29) is 18.6 Å². The molecule has 6 nitrogen and oxygen atoms in total. The van der Waals surface area contributed by atoms with Gasteiger partial charge in [-0.2, -0.15) is 0 Å². The number of carboxylic acids is 1. The molecule has 2 fully saturated rings. The zero-order chi connectivity index (χ0) is 15.2. The van der Waals surface area contributed by atoms with Crippen molar-refractivity contribution in [3.63, 3.8) is 0 Å². The van der Waals surface area contributed by atoms with Crippen molar-refractivity contribution >= 4 is 11.9 Å². The Hall–Kier alpha value is -1.14. The Morgan fingerprint density at radius 3 is 2.62 bits per heavy atom. The fraction of sp³-hybridized carbons (Fsp3) is 0.867. The standard InChI is InChI=1S/C15H25NO5/c1-20-8-9-21-10-14(17)16-12-5-3-2-4-11(12)6-7-13(16)15(18)19/h11-13H,2-10H2,1H3,(H,18,19). The topological polar surface area (TPSA) is 76.1 Å². The Kier molecular flexibility index (Phi) is 5.99. The number of rotatable bonds is 6. The van der Waals surface area contributed by atoms with Crippen LogP contribution in [0.3, 0.4) is 0 Å². The van der Waals surface area contributed by atoms with Gasteiger partial charge in [0.2, 0.25) is 5.91 Å². The van der Waals surface area contributed by atoms with E-state index < -0.39 is 12.0 Å². The summed E-state index contributed by atoms with van der Waals surface area (Å²) in [6.45, 7) is 0.722. The van der Waals surface area contributed by atoms with Crippen LogP contribution >= 0.6 is 0 Å². The van der Waals surface area contributed by atoms with Crippen molar-refractivity contribution in [2.24, 2.45) is 5.92 Å².